The monoisotopic (exact) mass is 267 g/mol. The van der Waals surface area contributed by atoms with E-state index in [-0.39, 0.29) is 5.82 Å². The van der Waals surface area contributed by atoms with Gasteiger partial charge in [0.25, 0.3) is 0 Å². The van der Waals surface area contributed by atoms with Gasteiger partial charge in [-0.05, 0) is 38.0 Å². The predicted molar refractivity (Wildman–Crippen MR) is 68.9 cm³/mol. The van der Waals surface area contributed by atoms with Gasteiger partial charge in [-0.3, -0.25) is 9.59 Å². The molecule has 0 fully saturated rings. The number of amides is 1. The highest BCUT2D eigenvalue weighted by Crippen LogP contribution is 2.16. The highest BCUT2D eigenvalue weighted by Gasteiger charge is 2.36. The molecule has 0 atom stereocenters. The Balaban J connectivity index is 2.49. The molecular formula is C14H18FNO3. The van der Waals surface area contributed by atoms with Crippen molar-refractivity contribution in [2.75, 3.05) is 13.7 Å². The number of methoxy groups -OCH3 is 1. The van der Waals surface area contributed by atoms with Gasteiger partial charge in [0.05, 0.1) is 7.11 Å². The van der Waals surface area contributed by atoms with Crippen molar-refractivity contribution in [3.05, 3.63) is 35.6 Å². The Morgan fingerprint density at radius 2 is 2.05 bits per heavy atom. The minimum atomic E-state index is -1.23. The maximum Gasteiger partial charge on any atom is 0.320 e. The fraction of sp³-hybridized carbons (Fsp3) is 0.429. The minimum absolute atomic E-state index is 0.307. The Kier molecular flexibility index (Phi) is 5.03. The number of ether oxygens (including phenoxy) is 1. The summed E-state index contributed by atoms with van der Waals surface area (Å²) in [6.07, 6.45) is 0.501. The van der Waals surface area contributed by atoms with Gasteiger partial charge in [-0.1, -0.05) is 12.1 Å². The molecule has 104 valence electrons. The summed E-state index contributed by atoms with van der Waals surface area (Å²) in [6, 6.07) is 6.17. The number of hydrogen-bond donors (Lipinski definition) is 1. The van der Waals surface area contributed by atoms with Gasteiger partial charge in [-0.25, -0.2) is 4.39 Å². The Morgan fingerprint density at radius 1 is 1.37 bits per heavy atom. The molecule has 0 heterocycles. The van der Waals surface area contributed by atoms with E-state index in [2.05, 4.69) is 10.1 Å². The van der Waals surface area contributed by atoms with Crippen molar-refractivity contribution in [1.29, 1.82) is 0 Å². The van der Waals surface area contributed by atoms with Gasteiger partial charge in [0.1, 0.15) is 11.2 Å². The fourth-order valence-electron chi connectivity index (χ4n) is 1.58. The molecule has 0 unspecified atom stereocenters. The highest BCUT2D eigenvalue weighted by atomic mass is 19.1. The first-order valence-electron chi connectivity index (χ1n) is 5.99. The second kappa shape index (κ2) is 6.31. The second-order valence-corrected chi connectivity index (χ2v) is 4.75. The van der Waals surface area contributed by atoms with Crippen LogP contribution < -0.4 is 5.32 Å². The lowest BCUT2D eigenvalue weighted by atomic mass is 9.92. The summed E-state index contributed by atoms with van der Waals surface area (Å²) in [4.78, 5) is 23.3. The van der Waals surface area contributed by atoms with Crippen LogP contribution in [-0.4, -0.2) is 25.5 Å². The molecule has 0 radical (unpaired) electrons. The first kappa shape index (κ1) is 15.1. The average molecular weight is 267 g/mol. The lowest BCUT2D eigenvalue weighted by Gasteiger charge is -2.20. The van der Waals surface area contributed by atoms with E-state index in [0.717, 1.165) is 5.56 Å². The van der Waals surface area contributed by atoms with E-state index >= 15 is 0 Å². The number of hydrogen-bond acceptors (Lipinski definition) is 3. The number of rotatable bonds is 5. The van der Waals surface area contributed by atoms with E-state index in [1.54, 1.807) is 12.1 Å². The molecule has 0 saturated heterocycles. The van der Waals surface area contributed by atoms with Crippen LogP contribution in [0.2, 0.25) is 0 Å². The summed E-state index contributed by atoms with van der Waals surface area (Å²) >= 11 is 0. The molecule has 4 nitrogen and oxygen atoms in total. The number of nitrogens with one attached hydrogen (secondary N) is 1. The van der Waals surface area contributed by atoms with Crippen LogP contribution in [0, 0.1) is 11.2 Å². The maximum atomic E-state index is 12.9. The number of halogens is 1. The molecule has 19 heavy (non-hydrogen) atoms. The zero-order chi connectivity index (χ0) is 14.5. The van der Waals surface area contributed by atoms with Gasteiger partial charge < -0.3 is 10.1 Å². The van der Waals surface area contributed by atoms with Crippen molar-refractivity contribution in [2.24, 2.45) is 5.41 Å². The Labute approximate surface area is 112 Å². The Bertz CT molecular complexity index is 472. The van der Waals surface area contributed by atoms with Gasteiger partial charge in [0.15, 0.2) is 0 Å². The molecule has 0 aliphatic carbocycles. The lowest BCUT2D eigenvalue weighted by molar-refractivity contribution is -0.156. The van der Waals surface area contributed by atoms with Crippen molar-refractivity contribution in [2.45, 2.75) is 20.3 Å². The molecule has 0 spiro atoms. The molecule has 0 aliphatic heterocycles. The predicted octanol–water partition coefficient (Wildman–Crippen LogP) is 1.68. The molecule has 0 aromatic heterocycles. The topological polar surface area (TPSA) is 55.4 Å². The van der Waals surface area contributed by atoms with E-state index in [4.69, 9.17) is 0 Å². The number of benzene rings is 1. The third-order valence-electron chi connectivity index (χ3n) is 2.85. The largest absolute Gasteiger partial charge is 0.468 e. The van der Waals surface area contributed by atoms with E-state index in [1.807, 2.05) is 0 Å². The second-order valence-electron chi connectivity index (χ2n) is 4.75. The van der Waals surface area contributed by atoms with Crippen molar-refractivity contribution in [3.8, 4) is 0 Å². The molecule has 1 N–H and O–H groups in total. The van der Waals surface area contributed by atoms with Crippen LogP contribution in [0.3, 0.4) is 0 Å². The van der Waals surface area contributed by atoms with Crippen LogP contribution in [0.15, 0.2) is 24.3 Å². The molecule has 1 aromatic rings. The summed E-state index contributed by atoms with van der Waals surface area (Å²) in [6.45, 7) is 3.33. The minimum Gasteiger partial charge on any atom is -0.468 e. The third kappa shape index (κ3) is 4.05. The fourth-order valence-corrected chi connectivity index (χ4v) is 1.58. The first-order chi connectivity index (χ1) is 8.87. The van der Waals surface area contributed by atoms with Gasteiger partial charge >= 0.3 is 5.97 Å². The van der Waals surface area contributed by atoms with Crippen molar-refractivity contribution < 1.29 is 18.7 Å². The summed E-state index contributed by atoms with van der Waals surface area (Å²) in [5, 5.41) is 2.64. The quantitative estimate of drug-likeness (QED) is 0.652. The Hall–Kier alpha value is -1.91. The summed E-state index contributed by atoms with van der Waals surface area (Å²) in [5.74, 6) is -1.30. The first-order valence-corrected chi connectivity index (χ1v) is 5.99. The van der Waals surface area contributed by atoms with Crippen LogP contribution >= 0.6 is 0 Å². The molecule has 1 rings (SSSR count). The number of carbonyl (C=O) groups excluding carboxylic acids is 2. The smallest absolute Gasteiger partial charge is 0.320 e. The van der Waals surface area contributed by atoms with Crippen LogP contribution in [0.1, 0.15) is 19.4 Å². The van der Waals surface area contributed by atoms with Gasteiger partial charge in [0.2, 0.25) is 5.91 Å². The van der Waals surface area contributed by atoms with Crippen molar-refractivity contribution in [1.82, 2.24) is 5.32 Å². The molecule has 0 aliphatic rings. The molecule has 0 bridgehead atoms. The van der Waals surface area contributed by atoms with Gasteiger partial charge in [-0.15, -0.1) is 0 Å². The number of esters is 1. The third-order valence-corrected chi connectivity index (χ3v) is 2.85. The van der Waals surface area contributed by atoms with Crippen LogP contribution in [0.4, 0.5) is 4.39 Å². The average Bonchev–Trinajstić information content (AvgIpc) is 2.37. The lowest BCUT2D eigenvalue weighted by Crippen LogP contribution is -2.43. The standard InChI is InChI=1S/C14H18FNO3/c1-14(2,13(18)19-3)12(17)16-8-7-10-5-4-6-11(15)9-10/h4-6,9H,7-8H2,1-3H3,(H,16,17). The number of carbonyl (C=O) groups is 2. The van der Waals surface area contributed by atoms with Crippen LogP contribution in [0.25, 0.3) is 0 Å². The molecule has 0 saturated carbocycles. The molecule has 1 aromatic carbocycles. The maximum absolute atomic E-state index is 12.9. The van der Waals surface area contributed by atoms with Gasteiger partial charge in [0, 0.05) is 6.54 Å². The molecule has 5 heteroatoms. The zero-order valence-electron chi connectivity index (χ0n) is 11.3. The van der Waals surface area contributed by atoms with Crippen LogP contribution in [0.5, 0.6) is 0 Å². The molecular weight excluding hydrogens is 249 g/mol. The van der Waals surface area contributed by atoms with Crippen molar-refractivity contribution in [3.63, 3.8) is 0 Å². The highest BCUT2D eigenvalue weighted by molar-refractivity contribution is 6.01. The zero-order valence-corrected chi connectivity index (χ0v) is 11.3. The van der Waals surface area contributed by atoms with Gasteiger partial charge in [-0.2, -0.15) is 0 Å². The Morgan fingerprint density at radius 3 is 2.63 bits per heavy atom. The molecule has 1 amide bonds. The van der Waals surface area contributed by atoms with Crippen molar-refractivity contribution >= 4 is 11.9 Å². The van der Waals surface area contributed by atoms with E-state index in [1.165, 1.54) is 33.1 Å². The summed E-state index contributed by atoms with van der Waals surface area (Å²) < 4.78 is 17.5. The van der Waals surface area contributed by atoms with Crippen LogP contribution in [-0.2, 0) is 20.7 Å². The van der Waals surface area contributed by atoms with E-state index < -0.39 is 17.3 Å². The SMILES string of the molecule is COC(=O)C(C)(C)C(=O)NCCc1cccc(F)c1. The summed E-state index contributed by atoms with van der Waals surface area (Å²) in [7, 11) is 1.24. The van der Waals surface area contributed by atoms with E-state index in [0.29, 0.717) is 13.0 Å². The van der Waals surface area contributed by atoms with E-state index in [9.17, 15) is 14.0 Å². The normalized spacial score (nSPS) is 10.9. The summed E-state index contributed by atoms with van der Waals surface area (Å²) in [5.41, 5.74) is -0.437.